The number of furan rings is 1. The molecule has 0 aliphatic rings. The monoisotopic (exact) mass is 667 g/mol. The Morgan fingerprint density at radius 2 is 1.67 bits per heavy atom. The summed E-state index contributed by atoms with van der Waals surface area (Å²) < 4.78 is 44.3. The highest BCUT2D eigenvalue weighted by atomic mass is 35.5. The van der Waals surface area contributed by atoms with Crippen molar-refractivity contribution < 1.29 is 36.7 Å². The van der Waals surface area contributed by atoms with Gasteiger partial charge < -0.3 is 24.5 Å². The number of ether oxygens (including phenoxy) is 2. The Labute approximate surface area is 270 Å². The van der Waals surface area contributed by atoms with E-state index in [4.69, 9.17) is 25.5 Å². The number of carbonyl (C=O) groups excluding carboxylic acids is 3. The van der Waals surface area contributed by atoms with Gasteiger partial charge in [-0.05, 0) is 48.0 Å². The molecule has 0 bridgehead atoms. The molecule has 3 aromatic carbocycles. The summed E-state index contributed by atoms with van der Waals surface area (Å²) in [6.45, 7) is -0.723. The highest BCUT2D eigenvalue weighted by molar-refractivity contribution is 7.89. The van der Waals surface area contributed by atoms with Gasteiger partial charge in [0.1, 0.15) is 11.5 Å². The third-order valence-electron chi connectivity index (χ3n) is 6.29. The van der Waals surface area contributed by atoms with Crippen LogP contribution in [-0.4, -0.2) is 57.4 Å². The molecule has 15 heteroatoms. The Bertz CT molecular complexity index is 1830. The van der Waals surface area contributed by atoms with Crippen LogP contribution in [0.4, 0.5) is 5.69 Å². The summed E-state index contributed by atoms with van der Waals surface area (Å²) in [5.41, 5.74) is 3.34. The van der Waals surface area contributed by atoms with E-state index in [2.05, 4.69) is 21.2 Å². The Morgan fingerprint density at radius 1 is 0.913 bits per heavy atom. The maximum absolute atomic E-state index is 13.6. The van der Waals surface area contributed by atoms with Crippen LogP contribution in [0.25, 0.3) is 0 Å². The summed E-state index contributed by atoms with van der Waals surface area (Å²) in [6.07, 6.45) is 1.21. The zero-order chi connectivity index (χ0) is 33.1. The number of halogens is 1. The van der Waals surface area contributed by atoms with Crippen LogP contribution in [0.15, 0.2) is 99.3 Å². The zero-order valence-corrected chi connectivity index (χ0v) is 26.3. The summed E-state index contributed by atoms with van der Waals surface area (Å²) in [5, 5.41) is 9.14. The van der Waals surface area contributed by atoms with E-state index in [9.17, 15) is 22.8 Å². The molecule has 46 heavy (non-hydrogen) atoms. The van der Waals surface area contributed by atoms with Crippen molar-refractivity contribution in [2.24, 2.45) is 5.10 Å². The third-order valence-corrected chi connectivity index (χ3v) is 8.31. The molecule has 0 aliphatic carbocycles. The van der Waals surface area contributed by atoms with Gasteiger partial charge in [-0.1, -0.05) is 48.0 Å². The van der Waals surface area contributed by atoms with E-state index in [0.717, 1.165) is 4.31 Å². The van der Waals surface area contributed by atoms with Crippen molar-refractivity contribution in [1.29, 1.82) is 0 Å². The first kappa shape index (κ1) is 33.7. The van der Waals surface area contributed by atoms with Crippen molar-refractivity contribution in [1.82, 2.24) is 15.0 Å². The van der Waals surface area contributed by atoms with Crippen molar-refractivity contribution >= 4 is 51.2 Å². The lowest BCUT2D eigenvalue weighted by Gasteiger charge is -2.22. The van der Waals surface area contributed by atoms with Gasteiger partial charge in [-0.2, -0.15) is 9.41 Å². The summed E-state index contributed by atoms with van der Waals surface area (Å²) in [4.78, 5) is 37.0. The van der Waals surface area contributed by atoms with Crippen LogP contribution in [0.5, 0.6) is 11.5 Å². The lowest BCUT2D eigenvalue weighted by molar-refractivity contribution is -0.136. The predicted molar refractivity (Wildman–Crippen MR) is 170 cm³/mol. The van der Waals surface area contributed by atoms with Crippen LogP contribution in [0, 0.1) is 0 Å². The molecule has 3 N–H and O–H groups in total. The van der Waals surface area contributed by atoms with Gasteiger partial charge in [0.05, 0.1) is 38.4 Å². The SMILES string of the molecule is COc1ccc(S(=O)(=O)N(CC(=O)N/N=C\c2ccc(CNC(=O)C(=O)Nc3cccc(Cl)c3)o2)Cc2ccccc2)cc1OC. The third kappa shape index (κ3) is 9.17. The van der Waals surface area contributed by atoms with E-state index >= 15 is 0 Å². The average molecular weight is 668 g/mol. The molecule has 0 spiro atoms. The zero-order valence-electron chi connectivity index (χ0n) is 24.7. The minimum atomic E-state index is -4.17. The van der Waals surface area contributed by atoms with Crippen LogP contribution in [-0.2, 0) is 37.5 Å². The number of carbonyl (C=O) groups is 3. The molecule has 0 radical (unpaired) electrons. The first-order chi connectivity index (χ1) is 22.1. The number of amides is 3. The molecule has 1 aromatic heterocycles. The van der Waals surface area contributed by atoms with Crippen molar-refractivity contribution in [3.05, 3.63) is 107 Å². The number of hydrogen-bond donors (Lipinski definition) is 3. The fourth-order valence-electron chi connectivity index (χ4n) is 4.06. The topological polar surface area (TPSA) is 169 Å². The van der Waals surface area contributed by atoms with Crippen molar-refractivity contribution in [2.75, 3.05) is 26.1 Å². The average Bonchev–Trinajstić information content (AvgIpc) is 3.51. The number of rotatable bonds is 13. The molecule has 0 saturated carbocycles. The molecule has 0 unspecified atom stereocenters. The standard InChI is InChI=1S/C31H30ClN5O8S/c1-43-27-14-13-26(16-28(27)44-2)46(41,42)37(19-21-7-4-3-5-8-21)20-29(38)36-34-18-25-12-11-24(45-25)17-33-30(39)31(40)35-23-10-6-9-22(32)15-23/h3-16,18H,17,19-20H2,1-2H3,(H,33,39)(H,35,40)(H,36,38)/b34-18-. The number of methoxy groups -OCH3 is 2. The first-order valence-electron chi connectivity index (χ1n) is 13.6. The second-order valence-electron chi connectivity index (χ2n) is 9.52. The molecule has 0 fully saturated rings. The smallest absolute Gasteiger partial charge is 0.313 e. The van der Waals surface area contributed by atoms with Gasteiger partial charge in [-0.15, -0.1) is 0 Å². The number of anilines is 1. The van der Waals surface area contributed by atoms with Crippen LogP contribution in [0.1, 0.15) is 17.1 Å². The number of hydrazone groups is 1. The van der Waals surface area contributed by atoms with E-state index in [0.29, 0.717) is 27.8 Å². The Kier molecular flexibility index (Phi) is 11.5. The normalized spacial score (nSPS) is 11.3. The number of benzene rings is 3. The largest absolute Gasteiger partial charge is 0.493 e. The van der Waals surface area contributed by atoms with Crippen LogP contribution in [0.3, 0.4) is 0 Å². The molecule has 4 aromatic rings. The van der Waals surface area contributed by atoms with E-state index in [1.807, 2.05) is 0 Å². The maximum Gasteiger partial charge on any atom is 0.313 e. The second kappa shape index (κ2) is 15.7. The molecule has 13 nitrogen and oxygen atoms in total. The van der Waals surface area contributed by atoms with E-state index in [1.54, 1.807) is 54.6 Å². The van der Waals surface area contributed by atoms with Gasteiger partial charge in [-0.3, -0.25) is 14.4 Å². The van der Waals surface area contributed by atoms with Gasteiger partial charge in [0.25, 0.3) is 5.91 Å². The maximum atomic E-state index is 13.6. The van der Waals surface area contributed by atoms with Crippen LogP contribution >= 0.6 is 11.6 Å². The summed E-state index contributed by atoms with van der Waals surface area (Å²) in [5.74, 6) is -1.36. The number of sulfonamides is 1. The van der Waals surface area contributed by atoms with E-state index in [1.165, 1.54) is 50.8 Å². The number of nitrogens with one attached hydrogen (secondary N) is 3. The highest BCUT2D eigenvalue weighted by Gasteiger charge is 2.28. The van der Waals surface area contributed by atoms with Gasteiger partial charge in [0.15, 0.2) is 11.5 Å². The van der Waals surface area contributed by atoms with Crippen LogP contribution in [0.2, 0.25) is 5.02 Å². The Morgan fingerprint density at radius 3 is 2.39 bits per heavy atom. The minimum absolute atomic E-state index is 0.0843. The van der Waals surface area contributed by atoms with Crippen LogP contribution < -0.4 is 25.5 Å². The molecule has 3 amide bonds. The number of hydrogen-bond acceptors (Lipinski definition) is 9. The molecular formula is C31H30ClN5O8S. The van der Waals surface area contributed by atoms with E-state index < -0.39 is 34.3 Å². The lowest BCUT2D eigenvalue weighted by Crippen LogP contribution is -2.39. The molecular weight excluding hydrogens is 638 g/mol. The molecule has 0 atom stereocenters. The lowest BCUT2D eigenvalue weighted by atomic mass is 10.2. The van der Waals surface area contributed by atoms with E-state index in [-0.39, 0.29) is 29.5 Å². The predicted octanol–water partition coefficient (Wildman–Crippen LogP) is 3.55. The summed E-state index contributed by atoms with van der Waals surface area (Å²) in [7, 11) is -1.34. The molecule has 4 rings (SSSR count). The summed E-state index contributed by atoms with van der Waals surface area (Å²) in [6, 6.07) is 22.4. The first-order valence-corrected chi connectivity index (χ1v) is 15.4. The van der Waals surface area contributed by atoms with Crippen molar-refractivity contribution in [3.63, 3.8) is 0 Å². The second-order valence-corrected chi connectivity index (χ2v) is 11.9. The Balaban J connectivity index is 1.36. The van der Waals surface area contributed by atoms with Gasteiger partial charge >= 0.3 is 11.8 Å². The fraction of sp³-hybridized carbons (Fsp3) is 0.161. The fourth-order valence-corrected chi connectivity index (χ4v) is 5.65. The van der Waals surface area contributed by atoms with Gasteiger partial charge in [-0.25, -0.2) is 13.8 Å². The van der Waals surface area contributed by atoms with Gasteiger partial charge in [0, 0.05) is 23.3 Å². The highest BCUT2D eigenvalue weighted by Crippen LogP contribution is 2.31. The molecule has 1 heterocycles. The van der Waals surface area contributed by atoms with Gasteiger partial charge in [0.2, 0.25) is 10.0 Å². The summed E-state index contributed by atoms with van der Waals surface area (Å²) >= 11 is 5.88. The van der Waals surface area contributed by atoms with Crippen molar-refractivity contribution in [3.8, 4) is 11.5 Å². The number of nitrogens with zero attached hydrogens (tertiary/aromatic N) is 2. The molecule has 0 aliphatic heterocycles. The molecule has 240 valence electrons. The van der Waals surface area contributed by atoms with Crippen molar-refractivity contribution in [2.45, 2.75) is 18.0 Å². The quantitative estimate of drug-likeness (QED) is 0.111. The minimum Gasteiger partial charge on any atom is -0.493 e. The molecule has 0 saturated heterocycles. The Hall–Kier alpha value is -5.18.